The third kappa shape index (κ3) is 4.45. The molecule has 0 bridgehead atoms. The number of hydrogen-bond acceptors (Lipinski definition) is 5. The van der Waals surface area contributed by atoms with Crippen LogP contribution in [-0.4, -0.2) is 13.2 Å². The Labute approximate surface area is 93.8 Å². The topological polar surface area (TPSA) is 44.8 Å². The van der Waals surface area contributed by atoms with E-state index >= 15 is 0 Å². The van der Waals surface area contributed by atoms with E-state index in [-0.39, 0.29) is 6.61 Å². The zero-order chi connectivity index (χ0) is 11.1. The summed E-state index contributed by atoms with van der Waals surface area (Å²) in [6.07, 6.45) is 0. The highest BCUT2D eigenvalue weighted by Crippen LogP contribution is 2.50. The highest BCUT2D eigenvalue weighted by Gasteiger charge is 2.25. The zero-order valence-electron chi connectivity index (χ0n) is 8.84. The van der Waals surface area contributed by atoms with E-state index < -0.39 is 7.82 Å². The minimum absolute atomic E-state index is 0.259. The summed E-state index contributed by atoms with van der Waals surface area (Å²) in [4.78, 5) is 0.995. The van der Waals surface area contributed by atoms with Crippen LogP contribution < -0.4 is 0 Å². The van der Waals surface area contributed by atoms with Gasteiger partial charge in [-0.2, -0.15) is 0 Å². The van der Waals surface area contributed by atoms with Gasteiger partial charge >= 0.3 is 7.82 Å². The molecule has 0 aliphatic carbocycles. The van der Waals surface area contributed by atoms with Crippen LogP contribution in [0, 0.1) is 0 Å². The number of thiophene rings is 1. The van der Waals surface area contributed by atoms with E-state index in [2.05, 4.69) is 0 Å². The standard InChI is InChI=1S/C9H15O4PS/c1-3-11-14(10,12-4-2)13-8-9-6-5-7-15-9/h5-7H,3-4,8H2,1-2H3. The third-order valence-electron chi connectivity index (χ3n) is 1.52. The van der Waals surface area contributed by atoms with Gasteiger partial charge in [0.25, 0.3) is 0 Å². The van der Waals surface area contributed by atoms with E-state index in [0.29, 0.717) is 13.2 Å². The van der Waals surface area contributed by atoms with Gasteiger partial charge in [0.05, 0.1) is 19.8 Å². The van der Waals surface area contributed by atoms with Gasteiger partial charge < -0.3 is 0 Å². The summed E-state index contributed by atoms with van der Waals surface area (Å²) >= 11 is 1.54. The first-order chi connectivity index (χ1) is 7.20. The fourth-order valence-electron chi connectivity index (χ4n) is 0.965. The summed E-state index contributed by atoms with van der Waals surface area (Å²) in [5.41, 5.74) is 0. The summed E-state index contributed by atoms with van der Waals surface area (Å²) in [5.74, 6) is 0. The van der Waals surface area contributed by atoms with Gasteiger partial charge in [0.15, 0.2) is 0 Å². The number of phosphoric acid groups is 1. The Hall–Kier alpha value is -0.190. The first kappa shape index (κ1) is 12.9. The summed E-state index contributed by atoms with van der Waals surface area (Å²) in [7, 11) is -3.35. The van der Waals surface area contributed by atoms with Crippen molar-refractivity contribution in [1.82, 2.24) is 0 Å². The van der Waals surface area contributed by atoms with Crippen LogP contribution in [0.5, 0.6) is 0 Å². The van der Waals surface area contributed by atoms with Crippen LogP contribution in [0.3, 0.4) is 0 Å². The van der Waals surface area contributed by atoms with Crippen molar-refractivity contribution in [2.24, 2.45) is 0 Å². The van der Waals surface area contributed by atoms with Crippen LogP contribution in [0.2, 0.25) is 0 Å². The highest BCUT2D eigenvalue weighted by molar-refractivity contribution is 7.48. The highest BCUT2D eigenvalue weighted by atomic mass is 32.1. The number of phosphoric ester groups is 1. The minimum Gasteiger partial charge on any atom is -0.287 e. The molecule has 6 heteroatoms. The van der Waals surface area contributed by atoms with Crippen LogP contribution >= 0.6 is 19.2 Å². The molecule has 0 aliphatic heterocycles. The van der Waals surface area contributed by atoms with Gasteiger partial charge in [-0.25, -0.2) is 4.57 Å². The fourth-order valence-corrected chi connectivity index (χ4v) is 2.82. The van der Waals surface area contributed by atoms with Crippen molar-refractivity contribution in [3.8, 4) is 0 Å². The van der Waals surface area contributed by atoms with Gasteiger partial charge in [0, 0.05) is 4.88 Å². The van der Waals surface area contributed by atoms with Crippen LogP contribution in [0.4, 0.5) is 0 Å². The Morgan fingerprint density at radius 2 is 1.93 bits per heavy atom. The molecule has 0 saturated heterocycles. The lowest BCUT2D eigenvalue weighted by Crippen LogP contribution is -1.99. The van der Waals surface area contributed by atoms with E-state index in [1.165, 1.54) is 0 Å². The van der Waals surface area contributed by atoms with Crippen LogP contribution in [-0.2, 0) is 24.7 Å². The molecule has 0 atom stereocenters. The van der Waals surface area contributed by atoms with Crippen molar-refractivity contribution in [3.63, 3.8) is 0 Å². The summed E-state index contributed by atoms with van der Waals surface area (Å²) in [6, 6.07) is 3.82. The lowest BCUT2D eigenvalue weighted by molar-refractivity contribution is 0.117. The van der Waals surface area contributed by atoms with E-state index in [1.807, 2.05) is 17.5 Å². The average Bonchev–Trinajstić information content (AvgIpc) is 2.68. The number of rotatable bonds is 7. The van der Waals surface area contributed by atoms with Gasteiger partial charge in [-0.05, 0) is 25.3 Å². The second-order valence-electron chi connectivity index (χ2n) is 2.64. The molecule has 0 N–H and O–H groups in total. The molecule has 0 amide bonds. The maximum absolute atomic E-state index is 11.8. The Balaban J connectivity index is 2.48. The van der Waals surface area contributed by atoms with Crippen molar-refractivity contribution >= 4 is 19.2 Å². The molecule has 4 nitrogen and oxygen atoms in total. The van der Waals surface area contributed by atoms with E-state index in [9.17, 15) is 4.57 Å². The van der Waals surface area contributed by atoms with Crippen LogP contribution in [0.1, 0.15) is 18.7 Å². The van der Waals surface area contributed by atoms with E-state index in [0.717, 1.165) is 4.88 Å². The van der Waals surface area contributed by atoms with Gasteiger partial charge in [-0.15, -0.1) is 11.3 Å². The smallest absolute Gasteiger partial charge is 0.287 e. The molecule has 1 rings (SSSR count). The van der Waals surface area contributed by atoms with Gasteiger partial charge in [-0.3, -0.25) is 13.6 Å². The monoisotopic (exact) mass is 250 g/mol. The Bertz CT molecular complexity index is 302. The molecule has 86 valence electrons. The van der Waals surface area contributed by atoms with Gasteiger partial charge in [0.1, 0.15) is 0 Å². The molecule has 0 radical (unpaired) electrons. The SMILES string of the molecule is CCOP(=O)(OCC)OCc1cccs1. The quantitative estimate of drug-likeness (QED) is 0.695. The van der Waals surface area contributed by atoms with Crippen molar-refractivity contribution in [1.29, 1.82) is 0 Å². The Kier molecular flexibility index (Phi) is 5.50. The molecule has 0 fully saturated rings. The van der Waals surface area contributed by atoms with E-state index in [1.54, 1.807) is 25.2 Å². The summed E-state index contributed by atoms with van der Waals surface area (Å²) in [6.45, 7) is 4.37. The van der Waals surface area contributed by atoms with Crippen LogP contribution in [0.25, 0.3) is 0 Å². The zero-order valence-corrected chi connectivity index (χ0v) is 10.6. The molecule has 0 unspecified atom stereocenters. The summed E-state index contributed by atoms with van der Waals surface area (Å²) in [5, 5.41) is 1.94. The summed E-state index contributed by atoms with van der Waals surface area (Å²) < 4.78 is 27.0. The maximum Gasteiger partial charge on any atom is 0.475 e. The molecule has 0 saturated carbocycles. The molecule has 1 aromatic rings. The normalized spacial score (nSPS) is 11.9. The first-order valence-electron chi connectivity index (χ1n) is 4.76. The van der Waals surface area contributed by atoms with Gasteiger partial charge in [0.2, 0.25) is 0 Å². The van der Waals surface area contributed by atoms with Crippen molar-refractivity contribution in [2.45, 2.75) is 20.5 Å². The molecule has 1 heterocycles. The molecule has 0 aromatic carbocycles. The van der Waals surface area contributed by atoms with E-state index in [4.69, 9.17) is 13.6 Å². The second-order valence-corrected chi connectivity index (χ2v) is 5.34. The molecule has 0 spiro atoms. The molecule has 15 heavy (non-hydrogen) atoms. The fraction of sp³-hybridized carbons (Fsp3) is 0.556. The van der Waals surface area contributed by atoms with Crippen molar-refractivity contribution in [2.75, 3.05) is 13.2 Å². The van der Waals surface area contributed by atoms with Gasteiger partial charge in [-0.1, -0.05) is 6.07 Å². The maximum atomic E-state index is 11.8. The third-order valence-corrected chi connectivity index (χ3v) is 3.96. The predicted molar refractivity (Wildman–Crippen MR) is 60.0 cm³/mol. The minimum atomic E-state index is -3.35. The van der Waals surface area contributed by atoms with Crippen LogP contribution in [0.15, 0.2) is 17.5 Å². The first-order valence-corrected chi connectivity index (χ1v) is 7.10. The largest absolute Gasteiger partial charge is 0.475 e. The molecular weight excluding hydrogens is 235 g/mol. The number of hydrogen-bond donors (Lipinski definition) is 0. The Morgan fingerprint density at radius 3 is 2.40 bits per heavy atom. The lowest BCUT2D eigenvalue weighted by atomic mass is 10.5. The molecule has 0 aliphatic rings. The average molecular weight is 250 g/mol. The van der Waals surface area contributed by atoms with Crippen molar-refractivity contribution in [3.05, 3.63) is 22.4 Å². The second kappa shape index (κ2) is 6.40. The Morgan fingerprint density at radius 1 is 1.27 bits per heavy atom. The molecule has 1 aromatic heterocycles. The molecular formula is C9H15O4PS. The predicted octanol–water partition coefficient (Wildman–Crippen LogP) is 3.45. The lowest BCUT2D eigenvalue weighted by Gasteiger charge is -2.15. The van der Waals surface area contributed by atoms with Crippen molar-refractivity contribution < 1.29 is 18.1 Å².